The number of carbonyl (C=O) groups excluding carboxylic acids is 1. The van der Waals surface area contributed by atoms with E-state index in [1.165, 1.54) is 5.56 Å². The molecule has 1 N–H and O–H groups in total. The first-order valence-corrected chi connectivity index (χ1v) is 7.90. The van der Waals surface area contributed by atoms with Crippen LogP contribution in [0.3, 0.4) is 0 Å². The minimum atomic E-state index is -0.187. The molecule has 1 aromatic rings. The molecule has 1 heterocycles. The summed E-state index contributed by atoms with van der Waals surface area (Å²) in [6, 6.07) is 5.94. The molecule has 23 heavy (non-hydrogen) atoms. The number of fused-ring (bicyclic) bond motifs is 1. The summed E-state index contributed by atoms with van der Waals surface area (Å²) in [6.07, 6.45) is 4.26. The Morgan fingerprint density at radius 1 is 1.43 bits per heavy atom. The smallest absolute Gasteiger partial charge is 0.243 e. The van der Waals surface area contributed by atoms with Crippen molar-refractivity contribution in [3.05, 3.63) is 35.9 Å². The molecule has 0 fully saturated rings. The Morgan fingerprint density at radius 3 is 2.96 bits per heavy atom. The van der Waals surface area contributed by atoms with Crippen LogP contribution in [-0.2, 0) is 11.2 Å². The maximum absolute atomic E-state index is 11.6. The number of hydrogen-bond donors (Lipinski definition) is 1. The number of ether oxygens (including phenoxy) is 2. The predicted molar refractivity (Wildman–Crippen MR) is 91.1 cm³/mol. The van der Waals surface area contributed by atoms with Crippen LogP contribution in [0.15, 0.2) is 30.4 Å². The maximum Gasteiger partial charge on any atom is 0.243 e. The highest BCUT2D eigenvalue weighted by molar-refractivity contribution is 5.87. The van der Waals surface area contributed by atoms with Crippen LogP contribution in [0.2, 0.25) is 0 Å². The second-order valence-electron chi connectivity index (χ2n) is 6.59. The quantitative estimate of drug-likeness (QED) is 0.617. The van der Waals surface area contributed by atoms with Gasteiger partial charge < -0.3 is 19.7 Å². The van der Waals surface area contributed by atoms with Crippen molar-refractivity contribution in [1.29, 1.82) is 0 Å². The summed E-state index contributed by atoms with van der Waals surface area (Å²) in [6.45, 7) is 5.74. The number of rotatable bonds is 7. The Morgan fingerprint density at radius 2 is 2.22 bits per heavy atom. The molecule has 0 saturated heterocycles. The van der Waals surface area contributed by atoms with Gasteiger partial charge in [-0.05, 0) is 34.0 Å². The fraction of sp³-hybridized carbons (Fsp3) is 0.500. The minimum Gasteiger partial charge on any atom is -0.488 e. The number of likely N-dealkylation sites (N-methyl/N-ethyl adjacent to an activating group) is 1. The molecule has 1 amide bonds. The number of nitrogens with zero attached hydrogens (tertiary/aromatic N) is 1. The van der Waals surface area contributed by atoms with Gasteiger partial charge in [0.1, 0.15) is 12.2 Å². The van der Waals surface area contributed by atoms with Gasteiger partial charge in [-0.1, -0.05) is 18.2 Å². The van der Waals surface area contributed by atoms with Crippen molar-refractivity contribution >= 4 is 5.91 Å². The van der Waals surface area contributed by atoms with E-state index in [1.807, 2.05) is 37.2 Å². The lowest BCUT2D eigenvalue weighted by atomic mass is 10.0. The van der Waals surface area contributed by atoms with E-state index in [1.54, 1.807) is 6.08 Å². The van der Waals surface area contributed by atoms with Crippen molar-refractivity contribution < 1.29 is 14.3 Å². The largest absolute Gasteiger partial charge is 0.488 e. The molecule has 0 aliphatic carbocycles. The van der Waals surface area contributed by atoms with Crippen LogP contribution in [0.25, 0.3) is 0 Å². The van der Waals surface area contributed by atoms with E-state index in [4.69, 9.17) is 9.47 Å². The maximum atomic E-state index is 11.6. The highest BCUT2D eigenvalue weighted by Gasteiger charge is 2.32. The molecule has 0 bridgehead atoms. The number of hydrogen-bond acceptors (Lipinski definition) is 4. The molecule has 126 valence electrons. The minimum absolute atomic E-state index is 0.105. The Kier molecular flexibility index (Phi) is 5.66. The Hall–Kier alpha value is -2.01. The van der Waals surface area contributed by atoms with Crippen molar-refractivity contribution in [3.8, 4) is 11.5 Å². The SMILES string of the molecule is CN(C)C/C=C/C(=O)NCCOc1cccc2c1OC(C)(C)C2. The highest BCUT2D eigenvalue weighted by atomic mass is 16.5. The number of benzene rings is 1. The molecule has 5 nitrogen and oxygen atoms in total. The fourth-order valence-corrected chi connectivity index (χ4v) is 2.47. The van der Waals surface area contributed by atoms with Gasteiger partial charge in [-0.2, -0.15) is 0 Å². The van der Waals surface area contributed by atoms with Gasteiger partial charge in [0.15, 0.2) is 11.5 Å². The van der Waals surface area contributed by atoms with E-state index in [-0.39, 0.29) is 11.5 Å². The molecule has 1 aliphatic rings. The summed E-state index contributed by atoms with van der Waals surface area (Å²) in [5.41, 5.74) is 0.982. The summed E-state index contributed by atoms with van der Waals surface area (Å²) in [5, 5.41) is 2.80. The molecule has 0 aromatic heterocycles. The lowest BCUT2D eigenvalue weighted by molar-refractivity contribution is -0.116. The van der Waals surface area contributed by atoms with Crippen molar-refractivity contribution in [2.24, 2.45) is 0 Å². The number of nitrogens with one attached hydrogen (secondary N) is 1. The third kappa shape index (κ3) is 5.28. The van der Waals surface area contributed by atoms with Gasteiger partial charge in [-0.15, -0.1) is 0 Å². The van der Waals surface area contributed by atoms with Gasteiger partial charge >= 0.3 is 0 Å². The average Bonchev–Trinajstić information content (AvgIpc) is 2.77. The molecule has 5 heteroatoms. The zero-order chi connectivity index (χ0) is 16.9. The highest BCUT2D eigenvalue weighted by Crippen LogP contribution is 2.41. The fourth-order valence-electron chi connectivity index (χ4n) is 2.47. The normalized spacial score (nSPS) is 15.5. The summed E-state index contributed by atoms with van der Waals surface area (Å²) < 4.78 is 11.7. The third-order valence-electron chi connectivity index (χ3n) is 3.45. The Labute approximate surface area is 138 Å². The van der Waals surface area contributed by atoms with E-state index in [2.05, 4.69) is 25.2 Å². The second kappa shape index (κ2) is 7.51. The van der Waals surface area contributed by atoms with E-state index in [0.29, 0.717) is 13.2 Å². The zero-order valence-corrected chi connectivity index (χ0v) is 14.4. The van der Waals surface area contributed by atoms with E-state index < -0.39 is 0 Å². The number of amides is 1. The summed E-state index contributed by atoms with van der Waals surface area (Å²) >= 11 is 0. The van der Waals surface area contributed by atoms with Crippen LogP contribution in [0, 0.1) is 0 Å². The van der Waals surface area contributed by atoms with Crippen LogP contribution in [-0.4, -0.2) is 50.2 Å². The van der Waals surface area contributed by atoms with Crippen LogP contribution >= 0.6 is 0 Å². The van der Waals surface area contributed by atoms with Gasteiger partial charge in [0.2, 0.25) is 5.91 Å². The lowest BCUT2D eigenvalue weighted by Crippen LogP contribution is -2.27. The van der Waals surface area contributed by atoms with Crippen LogP contribution in [0.1, 0.15) is 19.4 Å². The molecule has 0 unspecified atom stereocenters. The monoisotopic (exact) mass is 318 g/mol. The lowest BCUT2D eigenvalue weighted by Gasteiger charge is -2.18. The molecule has 1 aliphatic heterocycles. The van der Waals surface area contributed by atoms with Gasteiger partial charge in [0, 0.05) is 24.6 Å². The average molecular weight is 318 g/mol. The third-order valence-corrected chi connectivity index (χ3v) is 3.45. The molecule has 2 rings (SSSR count). The molecule has 1 aromatic carbocycles. The molecule has 0 saturated carbocycles. The van der Waals surface area contributed by atoms with Crippen LogP contribution in [0.4, 0.5) is 0 Å². The second-order valence-corrected chi connectivity index (χ2v) is 6.59. The van der Waals surface area contributed by atoms with E-state index in [0.717, 1.165) is 24.5 Å². The Balaban J connectivity index is 1.77. The van der Waals surface area contributed by atoms with Gasteiger partial charge in [0.25, 0.3) is 0 Å². The van der Waals surface area contributed by atoms with Crippen LogP contribution in [0.5, 0.6) is 11.5 Å². The molecule has 0 atom stereocenters. The van der Waals surface area contributed by atoms with Gasteiger partial charge in [0.05, 0.1) is 6.54 Å². The first-order chi connectivity index (χ1) is 10.9. The standard InChI is InChI=1S/C18H26N2O3/c1-18(2)13-14-7-5-8-15(17(14)23-18)22-12-10-19-16(21)9-6-11-20(3)4/h5-9H,10-13H2,1-4H3,(H,19,21)/b9-6+. The Bertz CT molecular complexity index is 580. The first-order valence-electron chi connectivity index (χ1n) is 7.90. The van der Waals surface area contributed by atoms with E-state index >= 15 is 0 Å². The van der Waals surface area contributed by atoms with E-state index in [9.17, 15) is 4.79 Å². The molecular weight excluding hydrogens is 292 g/mol. The van der Waals surface area contributed by atoms with Gasteiger partial charge in [-0.25, -0.2) is 0 Å². The van der Waals surface area contributed by atoms with Crippen molar-refractivity contribution in [1.82, 2.24) is 10.2 Å². The summed E-state index contributed by atoms with van der Waals surface area (Å²) in [5.74, 6) is 1.46. The van der Waals surface area contributed by atoms with Gasteiger partial charge in [-0.3, -0.25) is 4.79 Å². The first kappa shape index (κ1) is 17.3. The topological polar surface area (TPSA) is 50.8 Å². The van der Waals surface area contributed by atoms with Crippen molar-refractivity contribution in [3.63, 3.8) is 0 Å². The number of para-hydroxylation sites is 1. The van der Waals surface area contributed by atoms with Crippen LogP contribution < -0.4 is 14.8 Å². The zero-order valence-electron chi connectivity index (χ0n) is 14.4. The molecular formula is C18H26N2O3. The predicted octanol–water partition coefficient (Wildman–Crippen LogP) is 2.01. The molecule has 0 radical (unpaired) electrons. The van der Waals surface area contributed by atoms with Crippen molar-refractivity contribution in [2.75, 3.05) is 33.8 Å². The summed E-state index contributed by atoms with van der Waals surface area (Å²) in [4.78, 5) is 13.6. The van der Waals surface area contributed by atoms with Crippen molar-refractivity contribution in [2.45, 2.75) is 25.9 Å². The number of carbonyl (C=O) groups is 1. The summed E-state index contributed by atoms with van der Waals surface area (Å²) in [7, 11) is 3.91. The molecule has 0 spiro atoms.